The Kier molecular flexibility index (Phi) is 5.43. The smallest absolute Gasteiger partial charge is 0.373 e. The zero-order valence-electron chi connectivity index (χ0n) is 9.09. The predicted octanol–water partition coefficient (Wildman–Crippen LogP) is 1.58. The van der Waals surface area contributed by atoms with Gasteiger partial charge >= 0.3 is 6.15 Å². The maximum Gasteiger partial charge on any atom is 0.373 e. The number of ether oxygens (including phenoxy) is 2. The first-order valence-electron chi connectivity index (χ1n) is 5.05. The summed E-state index contributed by atoms with van der Waals surface area (Å²) in [5.41, 5.74) is 1.30. The van der Waals surface area contributed by atoms with Crippen molar-refractivity contribution in [3.63, 3.8) is 0 Å². The van der Waals surface area contributed by atoms with Crippen molar-refractivity contribution in [2.24, 2.45) is 0 Å². The van der Waals surface area contributed by atoms with Gasteiger partial charge in [-0.2, -0.15) is 9.59 Å². The van der Waals surface area contributed by atoms with Crippen LogP contribution in [0, 0.1) is 0 Å². The van der Waals surface area contributed by atoms with E-state index in [-0.39, 0.29) is 6.15 Å². The lowest BCUT2D eigenvalue weighted by Gasteiger charge is -1.89. The number of rotatable bonds is 1. The molecular formula is C12H14O4. The molecule has 0 spiro atoms. The Morgan fingerprint density at radius 3 is 1.88 bits per heavy atom. The van der Waals surface area contributed by atoms with Gasteiger partial charge in [0.15, 0.2) is 0 Å². The molecule has 2 fully saturated rings. The van der Waals surface area contributed by atoms with Crippen LogP contribution in [0.4, 0.5) is 0 Å². The number of hydrogen-bond donors (Lipinski definition) is 0. The van der Waals surface area contributed by atoms with Gasteiger partial charge in [-0.05, 0) is 12.5 Å². The van der Waals surface area contributed by atoms with E-state index >= 15 is 0 Å². The second-order valence-corrected chi connectivity index (χ2v) is 3.46. The minimum absolute atomic E-state index is 0.250. The summed E-state index contributed by atoms with van der Waals surface area (Å²) in [5.74, 6) is 0. The standard InChI is InChI=1S/C8H8O.C3H6O.CO2/c1-2-4-7(5-3-1)8-6-9-8;1-3-2-4-3;2-1-3/h1-5,8H,6H2;3H,2H2,1H3;. The van der Waals surface area contributed by atoms with Gasteiger partial charge in [-0.25, -0.2) is 0 Å². The first-order chi connectivity index (χ1) is 7.77. The van der Waals surface area contributed by atoms with Crippen molar-refractivity contribution in [1.82, 2.24) is 0 Å². The van der Waals surface area contributed by atoms with E-state index < -0.39 is 0 Å². The topological polar surface area (TPSA) is 59.2 Å². The van der Waals surface area contributed by atoms with Crippen LogP contribution in [0.1, 0.15) is 18.6 Å². The normalized spacial score (nSPS) is 23.8. The molecule has 0 radical (unpaired) electrons. The van der Waals surface area contributed by atoms with Gasteiger partial charge in [0.25, 0.3) is 0 Å². The monoisotopic (exact) mass is 222 g/mol. The largest absolute Gasteiger partial charge is 0.373 e. The molecule has 3 rings (SSSR count). The maximum absolute atomic E-state index is 8.12. The fourth-order valence-electron chi connectivity index (χ4n) is 1.00. The molecule has 0 aromatic heterocycles. The van der Waals surface area contributed by atoms with Crippen LogP contribution in [0.5, 0.6) is 0 Å². The fourth-order valence-corrected chi connectivity index (χ4v) is 1.00. The molecule has 4 nitrogen and oxygen atoms in total. The van der Waals surface area contributed by atoms with Gasteiger partial charge in [0, 0.05) is 0 Å². The van der Waals surface area contributed by atoms with E-state index in [1.807, 2.05) is 18.2 Å². The third-order valence-corrected chi connectivity index (χ3v) is 2.00. The summed E-state index contributed by atoms with van der Waals surface area (Å²) in [6, 6.07) is 10.3. The number of carbonyl (C=O) groups excluding carboxylic acids is 2. The highest BCUT2D eigenvalue weighted by atomic mass is 16.6. The Balaban J connectivity index is 0.000000153. The molecule has 1 aromatic carbocycles. The average Bonchev–Trinajstić information content (AvgIpc) is 3.15. The first kappa shape index (κ1) is 12.6. The molecule has 2 aliphatic rings. The number of hydrogen-bond acceptors (Lipinski definition) is 4. The van der Waals surface area contributed by atoms with E-state index in [2.05, 4.69) is 19.1 Å². The molecule has 16 heavy (non-hydrogen) atoms. The molecule has 4 heteroatoms. The van der Waals surface area contributed by atoms with Crippen molar-refractivity contribution in [2.75, 3.05) is 13.2 Å². The van der Waals surface area contributed by atoms with Gasteiger partial charge in [-0.3, -0.25) is 0 Å². The van der Waals surface area contributed by atoms with Gasteiger partial charge in [0.05, 0.1) is 19.3 Å². The van der Waals surface area contributed by atoms with Crippen LogP contribution < -0.4 is 0 Å². The van der Waals surface area contributed by atoms with Crippen LogP contribution >= 0.6 is 0 Å². The maximum atomic E-state index is 8.12. The zero-order valence-corrected chi connectivity index (χ0v) is 9.09. The van der Waals surface area contributed by atoms with Crippen molar-refractivity contribution in [3.8, 4) is 0 Å². The van der Waals surface area contributed by atoms with Crippen LogP contribution in [-0.4, -0.2) is 25.5 Å². The second-order valence-electron chi connectivity index (χ2n) is 3.46. The van der Waals surface area contributed by atoms with E-state index in [0.29, 0.717) is 12.2 Å². The Bertz CT molecular complexity index is 322. The van der Waals surface area contributed by atoms with Crippen molar-refractivity contribution in [2.45, 2.75) is 19.1 Å². The van der Waals surface area contributed by atoms with Crippen LogP contribution in [0.15, 0.2) is 30.3 Å². The fraction of sp³-hybridized carbons (Fsp3) is 0.417. The Hall–Kier alpha value is -1.48. The van der Waals surface area contributed by atoms with Crippen LogP contribution in [0.3, 0.4) is 0 Å². The summed E-state index contributed by atoms with van der Waals surface area (Å²) in [5, 5.41) is 0. The first-order valence-corrected chi connectivity index (χ1v) is 5.05. The van der Waals surface area contributed by atoms with Crippen molar-refractivity contribution in [1.29, 1.82) is 0 Å². The van der Waals surface area contributed by atoms with Gasteiger partial charge in [-0.1, -0.05) is 30.3 Å². The van der Waals surface area contributed by atoms with Crippen molar-refractivity contribution < 1.29 is 19.1 Å². The Morgan fingerprint density at radius 2 is 1.56 bits per heavy atom. The quantitative estimate of drug-likeness (QED) is 0.677. The molecule has 2 saturated heterocycles. The van der Waals surface area contributed by atoms with E-state index in [4.69, 9.17) is 19.1 Å². The highest BCUT2D eigenvalue weighted by molar-refractivity contribution is 5.20. The van der Waals surface area contributed by atoms with Crippen molar-refractivity contribution >= 4 is 6.15 Å². The minimum atomic E-state index is 0.250. The Labute approximate surface area is 94.2 Å². The molecule has 2 heterocycles. The molecule has 0 bridgehead atoms. The van der Waals surface area contributed by atoms with Gasteiger partial charge < -0.3 is 9.47 Å². The molecule has 0 amide bonds. The minimum Gasteiger partial charge on any atom is -0.373 e. The molecule has 2 aliphatic heterocycles. The third kappa shape index (κ3) is 6.09. The van der Waals surface area contributed by atoms with E-state index in [1.54, 1.807) is 0 Å². The molecule has 2 unspecified atom stereocenters. The molecular weight excluding hydrogens is 208 g/mol. The average molecular weight is 222 g/mol. The molecule has 86 valence electrons. The lowest BCUT2D eigenvalue weighted by atomic mass is 10.2. The van der Waals surface area contributed by atoms with Crippen LogP contribution in [0.2, 0.25) is 0 Å². The molecule has 2 atom stereocenters. The highest BCUT2D eigenvalue weighted by Gasteiger charge is 2.23. The zero-order chi connectivity index (χ0) is 11.8. The second kappa shape index (κ2) is 6.90. The summed E-state index contributed by atoms with van der Waals surface area (Å²) >= 11 is 0. The summed E-state index contributed by atoms with van der Waals surface area (Å²) in [6.07, 6.45) is 1.24. The predicted molar refractivity (Wildman–Crippen MR) is 55.6 cm³/mol. The molecule has 0 aliphatic carbocycles. The summed E-state index contributed by atoms with van der Waals surface area (Å²) < 4.78 is 9.80. The lowest BCUT2D eigenvalue weighted by molar-refractivity contribution is -0.191. The summed E-state index contributed by atoms with van der Waals surface area (Å²) in [4.78, 5) is 16.2. The van der Waals surface area contributed by atoms with Gasteiger partial charge in [-0.15, -0.1) is 0 Å². The summed E-state index contributed by atoms with van der Waals surface area (Å²) in [6.45, 7) is 3.95. The molecule has 1 aromatic rings. The van der Waals surface area contributed by atoms with E-state index in [9.17, 15) is 0 Å². The van der Waals surface area contributed by atoms with Crippen LogP contribution in [0.25, 0.3) is 0 Å². The third-order valence-electron chi connectivity index (χ3n) is 2.00. The summed E-state index contributed by atoms with van der Waals surface area (Å²) in [7, 11) is 0. The van der Waals surface area contributed by atoms with E-state index in [1.165, 1.54) is 5.56 Å². The van der Waals surface area contributed by atoms with Crippen molar-refractivity contribution in [3.05, 3.63) is 35.9 Å². The highest BCUT2D eigenvalue weighted by Crippen LogP contribution is 2.28. The van der Waals surface area contributed by atoms with Crippen LogP contribution in [-0.2, 0) is 19.1 Å². The molecule has 0 N–H and O–H groups in total. The lowest BCUT2D eigenvalue weighted by Crippen LogP contribution is -1.75. The molecule has 0 saturated carbocycles. The number of benzene rings is 1. The Morgan fingerprint density at radius 1 is 1.12 bits per heavy atom. The van der Waals surface area contributed by atoms with Gasteiger partial charge in [0.2, 0.25) is 0 Å². The van der Waals surface area contributed by atoms with E-state index in [0.717, 1.165) is 13.2 Å². The van der Waals surface area contributed by atoms with Gasteiger partial charge in [0.1, 0.15) is 6.10 Å². The SMILES string of the molecule is CC1CO1.O=C=O.c1ccc(C2CO2)cc1. The number of epoxide rings is 2.